The van der Waals surface area contributed by atoms with Crippen molar-refractivity contribution in [3.63, 3.8) is 0 Å². The van der Waals surface area contributed by atoms with Crippen LogP contribution >= 0.6 is 0 Å². The second-order valence-electron chi connectivity index (χ2n) is 9.83. The Hall–Kier alpha value is -4.82. The number of fused-ring (bicyclic) bond motifs is 2. The number of anilines is 1. The number of halogens is 6. The summed E-state index contributed by atoms with van der Waals surface area (Å²) in [5, 5.41) is 2.65. The monoisotopic (exact) mass is 608 g/mol. The van der Waals surface area contributed by atoms with Crippen molar-refractivity contribution < 1.29 is 50.2 Å². The first-order chi connectivity index (χ1) is 20.2. The molecule has 226 valence electrons. The average molecular weight is 608 g/mol. The lowest BCUT2D eigenvalue weighted by Gasteiger charge is -2.39. The lowest BCUT2D eigenvalue weighted by molar-refractivity contribution is -0.274. The highest BCUT2D eigenvalue weighted by atomic mass is 19.4. The van der Waals surface area contributed by atoms with E-state index in [2.05, 4.69) is 15.0 Å². The van der Waals surface area contributed by atoms with Crippen molar-refractivity contribution in [1.29, 1.82) is 0 Å². The fourth-order valence-electron chi connectivity index (χ4n) is 4.82. The zero-order chi connectivity index (χ0) is 31.1. The molecule has 3 amide bonds. The van der Waals surface area contributed by atoms with Gasteiger partial charge in [-0.2, -0.15) is 13.2 Å². The van der Waals surface area contributed by atoms with Gasteiger partial charge in [-0.15, -0.1) is 13.2 Å². The number of benzene rings is 2. The smallest absolute Gasteiger partial charge is 0.483 e. The van der Waals surface area contributed by atoms with Crippen LogP contribution in [-0.4, -0.2) is 71.2 Å². The highest BCUT2D eigenvalue weighted by Crippen LogP contribution is 2.34. The van der Waals surface area contributed by atoms with Crippen molar-refractivity contribution in [2.45, 2.75) is 25.5 Å². The number of ether oxygens (including phenoxy) is 2. The van der Waals surface area contributed by atoms with E-state index < -0.39 is 54.2 Å². The van der Waals surface area contributed by atoms with Crippen molar-refractivity contribution >= 4 is 23.4 Å². The first kappa shape index (κ1) is 29.7. The van der Waals surface area contributed by atoms with E-state index >= 15 is 0 Å². The largest absolute Gasteiger partial charge is 0.573 e. The summed E-state index contributed by atoms with van der Waals surface area (Å²) in [7, 11) is 0. The van der Waals surface area contributed by atoms with Gasteiger partial charge in [-0.3, -0.25) is 19.4 Å². The van der Waals surface area contributed by atoms with Crippen LogP contribution in [0.1, 0.15) is 21.5 Å². The number of carbonyl (C=O) groups excluding carboxylic acids is 3. The molecule has 5 rings (SSSR count). The number of hydrogen-bond donors (Lipinski definition) is 1. The van der Waals surface area contributed by atoms with Crippen LogP contribution in [0, 0.1) is 6.92 Å². The maximum absolute atomic E-state index is 13.5. The highest BCUT2D eigenvalue weighted by Gasteiger charge is 2.41. The van der Waals surface area contributed by atoms with E-state index in [-0.39, 0.29) is 47.8 Å². The summed E-state index contributed by atoms with van der Waals surface area (Å²) >= 11 is 0. The van der Waals surface area contributed by atoms with Crippen molar-refractivity contribution in [3.8, 4) is 22.6 Å². The quantitative estimate of drug-likeness (QED) is 0.423. The van der Waals surface area contributed by atoms with Crippen molar-refractivity contribution in [2.75, 3.05) is 31.6 Å². The number of piperazine rings is 1. The van der Waals surface area contributed by atoms with E-state index in [1.807, 2.05) is 0 Å². The maximum atomic E-state index is 13.5. The van der Waals surface area contributed by atoms with Crippen LogP contribution in [-0.2, 0) is 15.8 Å². The predicted molar refractivity (Wildman–Crippen MR) is 138 cm³/mol. The van der Waals surface area contributed by atoms with E-state index in [0.717, 1.165) is 18.2 Å². The average Bonchev–Trinajstić information content (AvgIpc) is 3.04. The van der Waals surface area contributed by atoms with Crippen LogP contribution in [0.15, 0.2) is 54.9 Å². The number of amides is 3. The number of nitrogens with zero attached hydrogens (tertiary/aromatic N) is 3. The summed E-state index contributed by atoms with van der Waals surface area (Å²) in [4.78, 5) is 45.8. The molecule has 1 N–H and O–H groups in total. The van der Waals surface area contributed by atoms with Gasteiger partial charge in [-0.25, -0.2) is 0 Å². The minimum Gasteiger partial charge on any atom is -0.483 e. The topological polar surface area (TPSA) is 101 Å². The number of rotatable bonds is 5. The molecule has 2 aromatic carbocycles. The summed E-state index contributed by atoms with van der Waals surface area (Å²) < 4.78 is 86.3. The Morgan fingerprint density at radius 2 is 1.77 bits per heavy atom. The Kier molecular flexibility index (Phi) is 7.67. The Morgan fingerprint density at radius 3 is 2.47 bits per heavy atom. The number of aryl methyl sites for hydroxylation is 1. The van der Waals surface area contributed by atoms with E-state index in [1.165, 1.54) is 47.2 Å². The van der Waals surface area contributed by atoms with E-state index in [4.69, 9.17) is 4.74 Å². The molecule has 2 aliphatic rings. The van der Waals surface area contributed by atoms with E-state index in [9.17, 15) is 40.7 Å². The van der Waals surface area contributed by atoms with Crippen LogP contribution in [0.2, 0.25) is 0 Å². The molecule has 9 nitrogen and oxygen atoms in total. The van der Waals surface area contributed by atoms with Crippen LogP contribution in [0.25, 0.3) is 11.1 Å². The Balaban J connectivity index is 1.27. The Morgan fingerprint density at radius 1 is 1.00 bits per heavy atom. The molecular weight excluding hydrogens is 586 g/mol. The predicted octanol–water partition coefficient (Wildman–Crippen LogP) is 4.66. The van der Waals surface area contributed by atoms with Crippen molar-refractivity contribution in [2.24, 2.45) is 0 Å². The standard InChI is InChI=1S/C28H22F6N4O5/c1-15-8-19(43-28(32,33)34)3-5-23(15)42-14-24(39)37-6-7-38-22(13-37)25(40)36-21-4-2-16(10-20(21)26(38)41)17-9-18(12-35-11-17)27(29,30)31/h2-5,8-12,22H,6-7,13-14H2,1H3,(H,36,40). The maximum Gasteiger partial charge on any atom is 0.573 e. The van der Waals surface area contributed by atoms with Crippen LogP contribution in [0.4, 0.5) is 32.0 Å². The summed E-state index contributed by atoms with van der Waals surface area (Å²) in [6.45, 7) is 0.893. The molecule has 1 saturated heterocycles. The van der Waals surface area contributed by atoms with Crippen LogP contribution < -0.4 is 14.8 Å². The van der Waals surface area contributed by atoms with Crippen LogP contribution in [0.5, 0.6) is 11.5 Å². The zero-order valence-corrected chi connectivity index (χ0v) is 22.3. The minimum absolute atomic E-state index is 0.0139. The molecule has 0 saturated carbocycles. The molecule has 1 aromatic heterocycles. The highest BCUT2D eigenvalue weighted by molar-refractivity contribution is 6.10. The molecule has 1 atom stereocenters. The molecular formula is C28H22F6N4O5. The lowest BCUT2D eigenvalue weighted by atomic mass is 10.0. The molecule has 2 aliphatic heterocycles. The van der Waals surface area contributed by atoms with Crippen molar-refractivity contribution in [1.82, 2.24) is 14.8 Å². The third-order valence-electron chi connectivity index (χ3n) is 6.93. The molecule has 0 spiro atoms. The van der Waals surface area contributed by atoms with Crippen molar-refractivity contribution in [3.05, 3.63) is 71.5 Å². The molecule has 1 fully saturated rings. The van der Waals surface area contributed by atoms with Gasteiger partial charge in [0, 0.05) is 31.0 Å². The van der Waals surface area contributed by atoms with Gasteiger partial charge in [0.1, 0.15) is 17.5 Å². The van der Waals surface area contributed by atoms with Gasteiger partial charge in [0.2, 0.25) is 5.91 Å². The number of pyridine rings is 1. The molecule has 15 heteroatoms. The fourth-order valence-corrected chi connectivity index (χ4v) is 4.82. The fraction of sp³-hybridized carbons (Fsp3) is 0.286. The van der Waals surface area contributed by atoms with Gasteiger partial charge in [-0.05, 0) is 54.4 Å². The zero-order valence-electron chi connectivity index (χ0n) is 22.3. The van der Waals surface area contributed by atoms with E-state index in [1.54, 1.807) is 0 Å². The second-order valence-corrected chi connectivity index (χ2v) is 9.83. The first-order valence-corrected chi connectivity index (χ1v) is 12.7. The summed E-state index contributed by atoms with van der Waals surface area (Å²) in [5.41, 5.74) is 0.00611. The molecule has 1 unspecified atom stereocenters. The molecule has 3 heterocycles. The van der Waals surface area contributed by atoms with Gasteiger partial charge in [0.15, 0.2) is 6.61 Å². The number of aromatic nitrogens is 1. The van der Waals surface area contributed by atoms with E-state index in [0.29, 0.717) is 11.8 Å². The minimum atomic E-state index is -4.86. The second kappa shape index (κ2) is 11.1. The number of carbonyl (C=O) groups is 3. The lowest BCUT2D eigenvalue weighted by Crippen LogP contribution is -2.60. The van der Waals surface area contributed by atoms with Gasteiger partial charge in [-0.1, -0.05) is 6.07 Å². The number of nitrogens with one attached hydrogen (secondary N) is 1. The Bertz CT molecular complexity index is 1590. The van der Waals surface area contributed by atoms with Crippen LogP contribution in [0.3, 0.4) is 0 Å². The third-order valence-corrected chi connectivity index (χ3v) is 6.93. The third kappa shape index (κ3) is 6.49. The number of alkyl halides is 6. The SMILES string of the molecule is Cc1cc(OC(F)(F)F)ccc1OCC(=O)N1CCN2C(=O)c3cc(-c4cncc(C(F)(F)F)c4)ccc3NC(=O)C2C1. The van der Waals surface area contributed by atoms with Gasteiger partial charge in [0.05, 0.1) is 23.4 Å². The van der Waals surface area contributed by atoms with Gasteiger partial charge < -0.3 is 24.6 Å². The molecule has 3 aromatic rings. The molecule has 0 aliphatic carbocycles. The normalized spacial score (nSPS) is 17.0. The van der Waals surface area contributed by atoms with Gasteiger partial charge in [0.25, 0.3) is 11.8 Å². The molecule has 0 radical (unpaired) electrons. The summed E-state index contributed by atoms with van der Waals surface area (Å²) in [5.74, 6) is -1.90. The first-order valence-electron chi connectivity index (χ1n) is 12.7. The molecule has 0 bridgehead atoms. The Labute approximate surface area is 240 Å². The van der Waals surface area contributed by atoms with Gasteiger partial charge >= 0.3 is 12.5 Å². The summed E-state index contributed by atoms with van der Waals surface area (Å²) in [6, 6.07) is 7.52. The summed E-state index contributed by atoms with van der Waals surface area (Å²) in [6.07, 6.45) is -7.54. The molecule has 43 heavy (non-hydrogen) atoms. The number of hydrogen-bond acceptors (Lipinski definition) is 6.